The molecule has 1 saturated heterocycles. The van der Waals surface area contributed by atoms with Crippen LogP contribution in [0.3, 0.4) is 0 Å². The van der Waals surface area contributed by atoms with Gasteiger partial charge < -0.3 is 15.3 Å². The van der Waals surface area contributed by atoms with Crippen molar-refractivity contribution in [2.75, 3.05) is 18.4 Å². The summed E-state index contributed by atoms with van der Waals surface area (Å²) in [7, 11) is 0. The first kappa shape index (κ1) is 15.0. The molecule has 1 aliphatic rings. The van der Waals surface area contributed by atoms with Crippen LogP contribution in [0.2, 0.25) is 0 Å². The SMILES string of the molecule is O=C(O)C1CCN(C(=O)Nc2ccc(-n3nccn3)cc2)CC1. The van der Waals surface area contributed by atoms with Gasteiger partial charge in [0.2, 0.25) is 0 Å². The molecule has 2 N–H and O–H groups in total. The summed E-state index contributed by atoms with van der Waals surface area (Å²) in [5, 5.41) is 19.9. The van der Waals surface area contributed by atoms with E-state index in [-0.39, 0.29) is 11.9 Å². The number of carboxylic acid groups (broad SMARTS) is 1. The Balaban J connectivity index is 1.57. The lowest BCUT2D eigenvalue weighted by Crippen LogP contribution is -2.42. The molecule has 2 aromatic rings. The molecule has 1 fully saturated rings. The average Bonchev–Trinajstić information content (AvgIpc) is 3.10. The van der Waals surface area contributed by atoms with E-state index in [1.54, 1.807) is 29.4 Å². The first-order valence-corrected chi connectivity index (χ1v) is 7.39. The van der Waals surface area contributed by atoms with E-state index in [0.29, 0.717) is 31.6 Å². The number of benzene rings is 1. The molecule has 0 aliphatic carbocycles. The van der Waals surface area contributed by atoms with Gasteiger partial charge >= 0.3 is 12.0 Å². The molecule has 2 amide bonds. The Morgan fingerprint density at radius 3 is 2.26 bits per heavy atom. The molecule has 1 aromatic heterocycles. The molecule has 1 aromatic carbocycles. The number of carbonyl (C=O) groups is 2. The number of carboxylic acids is 1. The lowest BCUT2D eigenvalue weighted by atomic mass is 9.97. The molecule has 8 heteroatoms. The van der Waals surface area contributed by atoms with Crippen LogP contribution in [0.15, 0.2) is 36.7 Å². The minimum Gasteiger partial charge on any atom is -0.481 e. The molecule has 0 bridgehead atoms. The van der Waals surface area contributed by atoms with Crippen molar-refractivity contribution < 1.29 is 14.7 Å². The third-order valence-corrected chi connectivity index (χ3v) is 3.90. The van der Waals surface area contributed by atoms with Crippen molar-refractivity contribution in [3.05, 3.63) is 36.7 Å². The highest BCUT2D eigenvalue weighted by Gasteiger charge is 2.26. The summed E-state index contributed by atoms with van der Waals surface area (Å²) >= 11 is 0. The Bertz CT molecular complexity index is 676. The summed E-state index contributed by atoms with van der Waals surface area (Å²) in [4.78, 5) is 26.2. The van der Waals surface area contributed by atoms with Gasteiger partial charge in [-0.15, -0.1) is 0 Å². The van der Waals surface area contributed by atoms with Crippen LogP contribution in [0.25, 0.3) is 5.69 Å². The second-order valence-corrected chi connectivity index (χ2v) is 5.40. The van der Waals surface area contributed by atoms with Crippen LogP contribution in [0.4, 0.5) is 10.5 Å². The van der Waals surface area contributed by atoms with Crippen LogP contribution in [0.1, 0.15) is 12.8 Å². The lowest BCUT2D eigenvalue weighted by molar-refractivity contribution is -0.143. The fourth-order valence-corrected chi connectivity index (χ4v) is 2.56. The fourth-order valence-electron chi connectivity index (χ4n) is 2.56. The Morgan fingerprint density at radius 1 is 1.09 bits per heavy atom. The van der Waals surface area contributed by atoms with Gasteiger partial charge in [-0.3, -0.25) is 4.79 Å². The Kier molecular flexibility index (Phi) is 4.22. The van der Waals surface area contributed by atoms with Gasteiger partial charge in [0.15, 0.2) is 0 Å². The van der Waals surface area contributed by atoms with Crippen molar-refractivity contribution >= 4 is 17.7 Å². The molecule has 0 unspecified atom stereocenters. The zero-order chi connectivity index (χ0) is 16.2. The number of carbonyl (C=O) groups excluding carboxylic acids is 1. The van der Waals surface area contributed by atoms with Crippen LogP contribution in [0.5, 0.6) is 0 Å². The minimum absolute atomic E-state index is 0.209. The van der Waals surface area contributed by atoms with Crippen molar-refractivity contribution in [1.29, 1.82) is 0 Å². The molecule has 23 heavy (non-hydrogen) atoms. The van der Waals surface area contributed by atoms with E-state index in [0.717, 1.165) is 5.69 Å². The van der Waals surface area contributed by atoms with Crippen molar-refractivity contribution in [1.82, 2.24) is 19.9 Å². The smallest absolute Gasteiger partial charge is 0.321 e. The number of urea groups is 1. The van der Waals surface area contributed by atoms with E-state index in [9.17, 15) is 9.59 Å². The van der Waals surface area contributed by atoms with Crippen LogP contribution in [-0.2, 0) is 4.79 Å². The molecule has 2 heterocycles. The zero-order valence-corrected chi connectivity index (χ0v) is 12.4. The maximum atomic E-state index is 12.2. The number of anilines is 1. The van der Waals surface area contributed by atoms with Crippen molar-refractivity contribution in [3.63, 3.8) is 0 Å². The Labute approximate surface area is 132 Å². The summed E-state index contributed by atoms with van der Waals surface area (Å²) in [5.74, 6) is -1.13. The third kappa shape index (κ3) is 3.47. The van der Waals surface area contributed by atoms with Gasteiger partial charge in [-0.1, -0.05) is 0 Å². The van der Waals surface area contributed by atoms with Gasteiger partial charge in [-0.25, -0.2) is 4.79 Å². The summed E-state index contributed by atoms with van der Waals surface area (Å²) < 4.78 is 0. The summed E-state index contributed by atoms with van der Waals surface area (Å²) in [6, 6.07) is 6.97. The van der Waals surface area contributed by atoms with Crippen LogP contribution >= 0.6 is 0 Å². The number of piperidine rings is 1. The van der Waals surface area contributed by atoms with Crippen LogP contribution in [0, 0.1) is 5.92 Å². The second-order valence-electron chi connectivity index (χ2n) is 5.40. The van der Waals surface area contributed by atoms with Gasteiger partial charge in [0, 0.05) is 18.8 Å². The first-order chi connectivity index (χ1) is 11.1. The van der Waals surface area contributed by atoms with E-state index in [1.165, 1.54) is 4.80 Å². The maximum absolute atomic E-state index is 12.2. The number of amides is 2. The third-order valence-electron chi connectivity index (χ3n) is 3.90. The monoisotopic (exact) mass is 315 g/mol. The second kappa shape index (κ2) is 6.47. The molecule has 8 nitrogen and oxygen atoms in total. The van der Waals surface area contributed by atoms with Gasteiger partial charge in [-0.2, -0.15) is 15.0 Å². The van der Waals surface area contributed by atoms with E-state index < -0.39 is 5.97 Å². The molecule has 120 valence electrons. The Morgan fingerprint density at radius 2 is 1.70 bits per heavy atom. The van der Waals surface area contributed by atoms with Crippen molar-refractivity contribution in [2.24, 2.45) is 5.92 Å². The molecular weight excluding hydrogens is 298 g/mol. The number of aromatic nitrogens is 3. The molecule has 0 radical (unpaired) electrons. The molecular formula is C15H17N5O3. The average molecular weight is 315 g/mol. The van der Waals surface area contributed by atoms with Crippen LogP contribution < -0.4 is 5.32 Å². The first-order valence-electron chi connectivity index (χ1n) is 7.39. The maximum Gasteiger partial charge on any atom is 0.321 e. The highest BCUT2D eigenvalue weighted by atomic mass is 16.4. The van der Waals surface area contributed by atoms with Gasteiger partial charge in [0.25, 0.3) is 0 Å². The molecule has 1 aliphatic heterocycles. The topological polar surface area (TPSA) is 100 Å². The van der Waals surface area contributed by atoms with Crippen molar-refractivity contribution in [2.45, 2.75) is 12.8 Å². The normalized spacial score (nSPS) is 15.4. The number of hydrogen-bond acceptors (Lipinski definition) is 4. The van der Waals surface area contributed by atoms with E-state index in [1.807, 2.05) is 12.1 Å². The summed E-state index contributed by atoms with van der Waals surface area (Å²) in [6.07, 6.45) is 4.17. The molecule has 0 atom stereocenters. The van der Waals surface area contributed by atoms with Gasteiger partial charge in [0.05, 0.1) is 24.0 Å². The number of rotatable bonds is 3. The zero-order valence-electron chi connectivity index (χ0n) is 12.4. The fraction of sp³-hybridized carbons (Fsp3) is 0.333. The quantitative estimate of drug-likeness (QED) is 0.896. The highest BCUT2D eigenvalue weighted by Crippen LogP contribution is 2.19. The number of aliphatic carboxylic acids is 1. The number of likely N-dealkylation sites (tertiary alicyclic amines) is 1. The number of nitrogens with one attached hydrogen (secondary N) is 1. The Hall–Kier alpha value is -2.90. The van der Waals surface area contributed by atoms with E-state index in [2.05, 4.69) is 15.5 Å². The number of nitrogens with zero attached hydrogens (tertiary/aromatic N) is 4. The largest absolute Gasteiger partial charge is 0.481 e. The lowest BCUT2D eigenvalue weighted by Gasteiger charge is -2.30. The van der Waals surface area contributed by atoms with Gasteiger partial charge in [0.1, 0.15) is 0 Å². The number of hydrogen-bond donors (Lipinski definition) is 2. The van der Waals surface area contributed by atoms with Crippen LogP contribution in [-0.4, -0.2) is 50.1 Å². The molecule has 0 saturated carbocycles. The molecule has 3 rings (SSSR count). The van der Waals surface area contributed by atoms with Gasteiger partial charge in [-0.05, 0) is 37.1 Å². The highest BCUT2D eigenvalue weighted by molar-refractivity contribution is 5.89. The summed E-state index contributed by atoms with van der Waals surface area (Å²) in [6.45, 7) is 0.913. The van der Waals surface area contributed by atoms with E-state index >= 15 is 0 Å². The van der Waals surface area contributed by atoms with Crippen molar-refractivity contribution in [3.8, 4) is 5.69 Å². The standard InChI is InChI=1S/C15H17N5O3/c21-14(22)11-5-9-19(10-6-11)15(23)18-12-1-3-13(4-2-12)20-16-7-8-17-20/h1-4,7-8,11H,5-6,9-10H2,(H,18,23)(H,21,22). The summed E-state index contributed by atoms with van der Waals surface area (Å²) in [5.41, 5.74) is 1.47. The predicted molar refractivity (Wildman–Crippen MR) is 82.3 cm³/mol. The van der Waals surface area contributed by atoms with E-state index in [4.69, 9.17) is 5.11 Å². The molecule has 0 spiro atoms. The predicted octanol–water partition coefficient (Wildman–Crippen LogP) is 1.60. The minimum atomic E-state index is -0.784.